The molecule has 0 amide bonds. The van der Waals surface area contributed by atoms with Crippen LogP contribution in [0.25, 0.3) is 0 Å². The number of allylic oxidation sites excluding steroid dienone is 20. The first-order valence-electron chi connectivity index (χ1n) is 19.6. The zero-order chi connectivity index (χ0) is 40.5. The molecule has 0 spiro atoms. The third-order valence-electron chi connectivity index (χ3n) is 7.26. The maximum absolute atomic E-state index is 12.4. The Balaban J connectivity index is 4.28. The van der Waals surface area contributed by atoms with E-state index in [2.05, 4.69) is 91.3 Å². The molecule has 3 N–H and O–H groups in total. The largest absolute Gasteiger partial charge is 0.469 e. The van der Waals surface area contributed by atoms with Crippen molar-refractivity contribution in [2.24, 2.45) is 0 Å². The van der Waals surface area contributed by atoms with Crippen LogP contribution in [0.4, 0.5) is 0 Å². The molecule has 1 unspecified atom stereocenters. The fraction of sp³-hybridized carbons (Fsp3) is 0.467. The third-order valence-corrected chi connectivity index (χ3v) is 7.74. The van der Waals surface area contributed by atoms with E-state index in [1.165, 1.54) is 0 Å². The molecular weight excluding hydrogens is 715 g/mol. The molecule has 2 atom stereocenters. The molecule has 0 aromatic carbocycles. The summed E-state index contributed by atoms with van der Waals surface area (Å²) in [5.41, 5.74) is 0. The first-order chi connectivity index (χ1) is 26.7. The summed E-state index contributed by atoms with van der Waals surface area (Å²) in [5, 5.41) is 9.98. The number of aliphatic hydroxyl groups excluding tert-OH is 1. The predicted molar refractivity (Wildman–Crippen MR) is 226 cm³/mol. The zero-order valence-corrected chi connectivity index (χ0v) is 34.0. The summed E-state index contributed by atoms with van der Waals surface area (Å²) < 4.78 is 26.2. The summed E-state index contributed by atoms with van der Waals surface area (Å²) in [4.78, 5) is 42.7. The van der Waals surface area contributed by atoms with Crippen molar-refractivity contribution in [3.05, 3.63) is 134 Å². The maximum atomic E-state index is 12.4. The van der Waals surface area contributed by atoms with Gasteiger partial charge in [0.1, 0.15) is 6.61 Å². The molecule has 0 aliphatic heterocycles. The van der Waals surface area contributed by atoms with E-state index in [0.717, 1.165) is 51.4 Å². The number of aliphatic hydroxyl groups is 1. The van der Waals surface area contributed by atoms with Crippen LogP contribution in [0.15, 0.2) is 134 Å². The summed E-state index contributed by atoms with van der Waals surface area (Å²) in [5.74, 6) is -1.11. The van der Waals surface area contributed by atoms with Crippen LogP contribution in [-0.4, -0.2) is 52.3 Å². The Morgan fingerprint density at radius 3 is 1.56 bits per heavy atom. The van der Waals surface area contributed by atoms with Crippen molar-refractivity contribution in [1.29, 1.82) is 0 Å². The van der Waals surface area contributed by atoms with Crippen LogP contribution in [-0.2, 0) is 28.2 Å². The molecule has 9 nitrogen and oxygen atoms in total. The minimum absolute atomic E-state index is 0.0766. The second-order valence-corrected chi connectivity index (χ2v) is 13.6. The van der Waals surface area contributed by atoms with Gasteiger partial charge in [-0.3, -0.25) is 14.1 Å². The van der Waals surface area contributed by atoms with E-state index in [-0.39, 0.29) is 19.4 Å². The fourth-order valence-corrected chi connectivity index (χ4v) is 4.76. The van der Waals surface area contributed by atoms with E-state index < -0.39 is 38.6 Å². The lowest BCUT2D eigenvalue weighted by Crippen LogP contribution is -2.29. The molecule has 0 fully saturated rings. The van der Waals surface area contributed by atoms with Crippen LogP contribution in [0.1, 0.15) is 110 Å². The van der Waals surface area contributed by atoms with E-state index in [1.807, 2.05) is 54.7 Å². The summed E-state index contributed by atoms with van der Waals surface area (Å²) in [6.45, 7) is 3.24. The third kappa shape index (κ3) is 41.2. The molecule has 0 aromatic rings. The zero-order valence-electron chi connectivity index (χ0n) is 33.1. The van der Waals surface area contributed by atoms with Crippen LogP contribution < -0.4 is 0 Å². The molecule has 0 rings (SSSR count). The minimum Gasteiger partial charge on any atom is -0.462 e. The number of ether oxygens (including phenoxy) is 2. The number of esters is 2. The lowest BCUT2D eigenvalue weighted by Gasteiger charge is -2.18. The minimum atomic E-state index is -4.81. The average Bonchev–Trinajstić information content (AvgIpc) is 3.15. The van der Waals surface area contributed by atoms with E-state index in [1.54, 1.807) is 6.08 Å². The molecule has 0 bridgehead atoms. The van der Waals surface area contributed by atoms with Gasteiger partial charge >= 0.3 is 19.8 Å². The summed E-state index contributed by atoms with van der Waals surface area (Å²) in [7, 11) is -4.81. The molecule has 0 saturated heterocycles. The van der Waals surface area contributed by atoms with Gasteiger partial charge in [-0.2, -0.15) is 0 Å². The lowest BCUT2D eigenvalue weighted by atomic mass is 10.2. The Morgan fingerprint density at radius 2 is 1.04 bits per heavy atom. The van der Waals surface area contributed by atoms with Crippen molar-refractivity contribution in [3.8, 4) is 0 Å². The molecule has 0 aliphatic rings. The summed E-state index contributed by atoms with van der Waals surface area (Å²) in [6, 6.07) is 0. The monoisotopic (exact) mass is 782 g/mol. The molecule has 0 saturated carbocycles. The standard InChI is InChI=1S/C45H67O9P/c1-3-5-7-9-11-12-13-14-15-16-17-18-19-20-21-22-26-30-34-38-44(47)52-40-43(41-53-55(49,50)51)54-45(48)39-35-31-27-24-23-25-29-33-37-42(46)36-32-28-10-8-6-4-2/h5-8,11-12,14-15,17-18,20-21,24-30,32-33,37,42-43,46H,3-4,9-10,13,16,19,22-23,31,34-36,38-41H2,1-2H3,(H2,49,50,51)/b7-5-,8-6-,12-11-,15-14-,18-17-,21-20-,27-24-,29-25-,30-26-,32-28-,37-33+/t42?,43-/m1/s1. The number of hydrogen-bond acceptors (Lipinski definition) is 7. The van der Waals surface area contributed by atoms with Crippen LogP contribution in [0.3, 0.4) is 0 Å². The molecule has 0 aromatic heterocycles. The van der Waals surface area contributed by atoms with Crippen LogP contribution in [0.2, 0.25) is 0 Å². The Kier molecular flexibility index (Phi) is 35.7. The van der Waals surface area contributed by atoms with E-state index >= 15 is 0 Å². The van der Waals surface area contributed by atoms with Crippen molar-refractivity contribution < 1.29 is 43.0 Å². The molecule has 55 heavy (non-hydrogen) atoms. The number of phosphoric ester groups is 1. The highest BCUT2D eigenvalue weighted by atomic mass is 31.2. The number of carbonyl (C=O) groups excluding carboxylic acids is 2. The molecule has 0 aliphatic carbocycles. The van der Waals surface area contributed by atoms with Gasteiger partial charge in [-0.1, -0.05) is 148 Å². The van der Waals surface area contributed by atoms with Crippen molar-refractivity contribution in [3.63, 3.8) is 0 Å². The van der Waals surface area contributed by atoms with Gasteiger partial charge in [-0.05, 0) is 83.5 Å². The van der Waals surface area contributed by atoms with Crippen LogP contribution in [0, 0.1) is 0 Å². The smallest absolute Gasteiger partial charge is 0.462 e. The first kappa shape index (κ1) is 51.1. The number of rotatable bonds is 33. The Bertz CT molecular complexity index is 1360. The Hall–Kier alpha value is -3.85. The molecular formula is C45H67O9P. The first-order valence-corrected chi connectivity index (χ1v) is 21.1. The van der Waals surface area contributed by atoms with Crippen molar-refractivity contribution in [1.82, 2.24) is 0 Å². The van der Waals surface area contributed by atoms with Gasteiger partial charge in [0.2, 0.25) is 0 Å². The van der Waals surface area contributed by atoms with E-state index in [0.29, 0.717) is 32.1 Å². The maximum Gasteiger partial charge on any atom is 0.469 e. The SMILES string of the molecule is CC/C=C\C/C=C\C/C=C\C/C=C\C/C=C\C/C=C\CCC(=O)OC[C@H](COP(=O)(O)O)OC(=O)CCC/C=C\C/C=C\C=C\C(O)C/C=C\C/C=C\CC. The molecule has 10 heteroatoms. The van der Waals surface area contributed by atoms with E-state index in [9.17, 15) is 19.3 Å². The molecule has 0 heterocycles. The average molecular weight is 783 g/mol. The number of carbonyl (C=O) groups is 2. The highest BCUT2D eigenvalue weighted by molar-refractivity contribution is 7.46. The predicted octanol–water partition coefficient (Wildman–Crippen LogP) is 10.9. The normalized spacial score (nSPS) is 14.5. The highest BCUT2D eigenvalue weighted by Crippen LogP contribution is 2.35. The Morgan fingerprint density at radius 1 is 0.564 bits per heavy atom. The fourth-order valence-electron chi connectivity index (χ4n) is 4.40. The number of phosphoric acid groups is 1. The second-order valence-electron chi connectivity index (χ2n) is 12.3. The van der Waals surface area contributed by atoms with Crippen molar-refractivity contribution >= 4 is 19.8 Å². The van der Waals surface area contributed by atoms with Crippen LogP contribution in [0.5, 0.6) is 0 Å². The number of unbranched alkanes of at least 4 members (excludes halogenated alkanes) is 1. The second kappa shape index (κ2) is 38.4. The van der Waals surface area contributed by atoms with Gasteiger partial charge in [0.05, 0.1) is 12.7 Å². The van der Waals surface area contributed by atoms with Gasteiger partial charge in [-0.15, -0.1) is 0 Å². The van der Waals surface area contributed by atoms with Crippen LogP contribution >= 0.6 is 7.82 Å². The summed E-state index contributed by atoms with van der Waals surface area (Å²) in [6.07, 6.45) is 53.6. The van der Waals surface area contributed by atoms with Crippen molar-refractivity contribution in [2.45, 2.75) is 122 Å². The highest BCUT2D eigenvalue weighted by Gasteiger charge is 2.22. The van der Waals surface area contributed by atoms with Gasteiger partial charge < -0.3 is 24.4 Å². The summed E-state index contributed by atoms with van der Waals surface area (Å²) >= 11 is 0. The van der Waals surface area contributed by atoms with E-state index in [4.69, 9.17) is 19.3 Å². The van der Waals surface area contributed by atoms with Gasteiger partial charge in [0, 0.05) is 12.8 Å². The van der Waals surface area contributed by atoms with Crippen molar-refractivity contribution in [2.75, 3.05) is 13.2 Å². The van der Waals surface area contributed by atoms with Gasteiger partial charge in [0.25, 0.3) is 0 Å². The topological polar surface area (TPSA) is 140 Å². The number of hydrogen-bond donors (Lipinski definition) is 3. The molecule has 0 radical (unpaired) electrons. The quantitative estimate of drug-likeness (QED) is 0.0195. The Labute approximate surface area is 331 Å². The van der Waals surface area contributed by atoms with Gasteiger partial charge in [-0.25, -0.2) is 4.57 Å². The molecule has 306 valence electrons. The van der Waals surface area contributed by atoms with Gasteiger partial charge in [0.15, 0.2) is 6.10 Å². The lowest BCUT2D eigenvalue weighted by molar-refractivity contribution is -0.161.